The molecule has 4 nitrogen and oxygen atoms in total. The maximum atomic E-state index is 12.9. The molecule has 0 saturated heterocycles. The van der Waals surface area contributed by atoms with Gasteiger partial charge in [-0.05, 0) is 24.3 Å². The Labute approximate surface area is 124 Å². The third-order valence-corrected chi connectivity index (χ3v) is 3.96. The fourth-order valence-electron chi connectivity index (χ4n) is 1.71. The minimum atomic E-state index is -4.85. The van der Waals surface area contributed by atoms with E-state index in [1.54, 1.807) is 6.07 Å². The Balaban J connectivity index is 2.52. The van der Waals surface area contributed by atoms with Crippen LogP contribution in [0.3, 0.4) is 0 Å². The summed E-state index contributed by atoms with van der Waals surface area (Å²) in [6.07, 6.45) is -4.85. The third kappa shape index (κ3) is 3.20. The fraction of sp³-hybridized carbons (Fsp3) is 0.0714. The van der Waals surface area contributed by atoms with Crippen molar-refractivity contribution in [3.05, 3.63) is 59.7 Å². The lowest BCUT2D eigenvalue weighted by Gasteiger charge is -2.13. The van der Waals surface area contributed by atoms with Crippen molar-refractivity contribution in [2.75, 3.05) is 0 Å². The van der Waals surface area contributed by atoms with Crippen LogP contribution in [0.15, 0.2) is 53.4 Å². The second-order valence-corrected chi connectivity index (χ2v) is 5.65. The standard InChI is InChI=1S/C14H8F3NO3S/c15-14(16,17)11-6-2-4-8-13(11)22(19,20)21-12-7-3-1-5-10(12)9-18/h1-8H. The molecule has 2 aromatic carbocycles. The fourth-order valence-corrected chi connectivity index (χ4v) is 2.88. The molecule has 0 aliphatic heterocycles. The highest BCUT2D eigenvalue weighted by Crippen LogP contribution is 2.35. The second-order valence-electron chi connectivity index (χ2n) is 4.14. The van der Waals surface area contributed by atoms with Crippen molar-refractivity contribution in [3.63, 3.8) is 0 Å². The highest BCUT2D eigenvalue weighted by atomic mass is 32.2. The molecule has 0 saturated carbocycles. The molecule has 0 aromatic heterocycles. The first kappa shape index (κ1) is 15.9. The molecule has 22 heavy (non-hydrogen) atoms. The van der Waals surface area contributed by atoms with Crippen LogP contribution in [0.4, 0.5) is 13.2 Å². The number of nitrogens with zero attached hydrogens (tertiary/aromatic N) is 1. The third-order valence-electron chi connectivity index (χ3n) is 2.67. The van der Waals surface area contributed by atoms with Gasteiger partial charge in [-0.3, -0.25) is 0 Å². The van der Waals surface area contributed by atoms with Gasteiger partial charge in [-0.2, -0.15) is 26.9 Å². The van der Waals surface area contributed by atoms with Crippen molar-refractivity contribution in [2.24, 2.45) is 0 Å². The SMILES string of the molecule is N#Cc1ccccc1OS(=O)(=O)c1ccccc1C(F)(F)F. The zero-order valence-corrected chi connectivity index (χ0v) is 11.6. The monoisotopic (exact) mass is 327 g/mol. The van der Waals surface area contributed by atoms with Crippen LogP contribution < -0.4 is 4.18 Å². The van der Waals surface area contributed by atoms with Gasteiger partial charge in [0.15, 0.2) is 5.75 Å². The van der Waals surface area contributed by atoms with Crippen LogP contribution in [0.5, 0.6) is 5.75 Å². The molecule has 0 unspecified atom stereocenters. The summed E-state index contributed by atoms with van der Waals surface area (Å²) in [6.45, 7) is 0. The van der Waals surface area contributed by atoms with Crippen molar-refractivity contribution in [2.45, 2.75) is 11.1 Å². The van der Waals surface area contributed by atoms with Crippen LogP contribution in [-0.2, 0) is 16.3 Å². The van der Waals surface area contributed by atoms with E-state index in [1.165, 1.54) is 24.3 Å². The van der Waals surface area contributed by atoms with E-state index < -0.39 is 26.8 Å². The molecule has 0 amide bonds. The van der Waals surface area contributed by atoms with Crippen LogP contribution in [-0.4, -0.2) is 8.42 Å². The topological polar surface area (TPSA) is 67.2 Å². The highest BCUT2D eigenvalue weighted by Gasteiger charge is 2.37. The molecule has 0 N–H and O–H groups in total. The second kappa shape index (κ2) is 5.69. The summed E-state index contributed by atoms with van der Waals surface area (Å²) in [7, 11) is -4.73. The normalized spacial score (nSPS) is 11.7. The zero-order chi connectivity index (χ0) is 16.4. The van der Waals surface area contributed by atoms with E-state index >= 15 is 0 Å². The minimum Gasteiger partial charge on any atom is -0.378 e. The molecule has 2 aromatic rings. The molecule has 0 radical (unpaired) electrons. The Bertz CT molecular complexity index is 839. The van der Waals surface area contributed by atoms with Crippen LogP contribution in [0.25, 0.3) is 0 Å². The smallest absolute Gasteiger partial charge is 0.378 e. The molecule has 0 fully saturated rings. The molecule has 0 aliphatic rings. The van der Waals surface area contributed by atoms with Gasteiger partial charge < -0.3 is 4.18 Å². The lowest BCUT2D eigenvalue weighted by Crippen LogP contribution is -2.17. The molecule has 2 rings (SSSR count). The first-order valence-electron chi connectivity index (χ1n) is 5.85. The summed E-state index contributed by atoms with van der Waals surface area (Å²) < 4.78 is 67.6. The first-order valence-corrected chi connectivity index (χ1v) is 7.26. The number of rotatable bonds is 3. The van der Waals surface area contributed by atoms with Crippen LogP contribution in [0, 0.1) is 11.3 Å². The average Bonchev–Trinajstić information content (AvgIpc) is 2.46. The quantitative estimate of drug-likeness (QED) is 0.811. The van der Waals surface area contributed by atoms with E-state index in [9.17, 15) is 21.6 Å². The summed E-state index contributed by atoms with van der Waals surface area (Å²) in [5.74, 6) is -0.332. The Morgan fingerprint density at radius 1 is 1.00 bits per heavy atom. The van der Waals surface area contributed by atoms with Gasteiger partial charge in [0.25, 0.3) is 0 Å². The van der Waals surface area contributed by atoms with Crippen molar-refractivity contribution in [1.29, 1.82) is 5.26 Å². The minimum absolute atomic E-state index is 0.101. The summed E-state index contributed by atoms with van der Waals surface area (Å²) in [4.78, 5) is -1.00. The van der Waals surface area contributed by atoms with Crippen LogP contribution in [0.2, 0.25) is 0 Å². The molecule has 8 heteroatoms. The number of nitriles is 1. The Hall–Kier alpha value is -2.53. The number of hydrogen-bond acceptors (Lipinski definition) is 4. The van der Waals surface area contributed by atoms with E-state index in [-0.39, 0.29) is 11.3 Å². The first-order chi connectivity index (χ1) is 10.3. The Morgan fingerprint density at radius 2 is 1.59 bits per heavy atom. The predicted molar refractivity (Wildman–Crippen MR) is 70.4 cm³/mol. The molecule has 0 heterocycles. The number of halogens is 3. The highest BCUT2D eigenvalue weighted by molar-refractivity contribution is 7.87. The number of hydrogen-bond donors (Lipinski definition) is 0. The van der Waals surface area contributed by atoms with Gasteiger partial charge >= 0.3 is 16.3 Å². The molecular formula is C14H8F3NO3S. The van der Waals surface area contributed by atoms with Crippen molar-refractivity contribution < 1.29 is 25.8 Å². The number of para-hydroxylation sites is 1. The summed E-state index contributed by atoms with van der Waals surface area (Å²) in [5.41, 5.74) is -1.43. The van der Waals surface area contributed by atoms with Crippen molar-refractivity contribution in [3.8, 4) is 11.8 Å². The molecule has 0 aliphatic carbocycles. The van der Waals surface area contributed by atoms with E-state index in [0.29, 0.717) is 6.07 Å². The van der Waals surface area contributed by atoms with Gasteiger partial charge in [-0.1, -0.05) is 24.3 Å². The van der Waals surface area contributed by atoms with Gasteiger partial charge in [0.1, 0.15) is 11.0 Å². The number of alkyl halides is 3. The number of benzene rings is 2. The average molecular weight is 327 g/mol. The lowest BCUT2D eigenvalue weighted by molar-refractivity contribution is -0.139. The maximum Gasteiger partial charge on any atom is 0.417 e. The summed E-state index contributed by atoms with van der Waals surface area (Å²) >= 11 is 0. The molecule has 0 bridgehead atoms. The van der Waals surface area contributed by atoms with E-state index in [2.05, 4.69) is 0 Å². The van der Waals surface area contributed by atoms with Gasteiger partial charge in [0, 0.05) is 0 Å². The Morgan fingerprint density at radius 3 is 2.23 bits per heavy atom. The van der Waals surface area contributed by atoms with Gasteiger partial charge in [-0.25, -0.2) is 0 Å². The largest absolute Gasteiger partial charge is 0.417 e. The van der Waals surface area contributed by atoms with Gasteiger partial charge in [-0.15, -0.1) is 0 Å². The lowest BCUT2D eigenvalue weighted by atomic mass is 10.2. The van der Waals surface area contributed by atoms with Gasteiger partial charge in [0.05, 0.1) is 11.1 Å². The Kier molecular flexibility index (Phi) is 4.10. The van der Waals surface area contributed by atoms with Gasteiger partial charge in [0.2, 0.25) is 0 Å². The van der Waals surface area contributed by atoms with E-state index in [1.807, 2.05) is 0 Å². The zero-order valence-electron chi connectivity index (χ0n) is 10.8. The van der Waals surface area contributed by atoms with E-state index in [0.717, 1.165) is 18.2 Å². The maximum absolute atomic E-state index is 12.9. The van der Waals surface area contributed by atoms with Crippen LogP contribution >= 0.6 is 0 Å². The van der Waals surface area contributed by atoms with E-state index in [4.69, 9.17) is 9.44 Å². The molecule has 114 valence electrons. The van der Waals surface area contributed by atoms with Crippen LogP contribution in [0.1, 0.15) is 11.1 Å². The predicted octanol–water partition coefficient (Wildman–Crippen LogP) is 3.34. The summed E-state index contributed by atoms with van der Waals surface area (Å²) in [6, 6.07) is 10.7. The summed E-state index contributed by atoms with van der Waals surface area (Å²) in [5, 5.41) is 8.86. The molecule has 0 atom stereocenters. The van der Waals surface area contributed by atoms with Crippen molar-refractivity contribution >= 4 is 10.1 Å². The van der Waals surface area contributed by atoms with Crippen molar-refractivity contribution in [1.82, 2.24) is 0 Å². The molecule has 0 spiro atoms. The molecular weight excluding hydrogens is 319 g/mol.